The van der Waals surface area contributed by atoms with Crippen molar-refractivity contribution in [1.82, 2.24) is 10.3 Å². The summed E-state index contributed by atoms with van der Waals surface area (Å²) in [4.78, 5) is 15.9. The number of carbonyl (C=O) groups excluding carboxylic acids is 1. The van der Waals surface area contributed by atoms with E-state index in [0.717, 1.165) is 18.4 Å². The van der Waals surface area contributed by atoms with Gasteiger partial charge in [0.15, 0.2) is 0 Å². The minimum Gasteiger partial charge on any atom is -0.350 e. The Morgan fingerprint density at radius 3 is 2.63 bits per heavy atom. The van der Waals surface area contributed by atoms with Crippen LogP contribution in [0, 0.1) is 0 Å². The van der Waals surface area contributed by atoms with Crippen molar-refractivity contribution in [3.63, 3.8) is 0 Å². The molecule has 1 aromatic rings. The zero-order valence-corrected chi connectivity index (χ0v) is 11.3. The highest BCUT2D eigenvalue weighted by Crippen LogP contribution is 2.17. The molecule has 1 amide bonds. The predicted octanol–water partition coefficient (Wildman–Crippen LogP) is 3.32. The van der Waals surface area contributed by atoms with Crippen LogP contribution in [0.1, 0.15) is 50.5 Å². The summed E-state index contributed by atoms with van der Waals surface area (Å²) in [6.07, 6.45) is 15.6. The van der Waals surface area contributed by atoms with Gasteiger partial charge in [0.05, 0.1) is 0 Å². The normalized spacial score (nSPS) is 17.9. The number of carbonyl (C=O) groups is 1. The second-order valence-corrected chi connectivity index (χ2v) is 5.17. The zero-order chi connectivity index (χ0) is 13.3. The molecule has 1 heterocycles. The van der Waals surface area contributed by atoms with Crippen LogP contribution in [0.3, 0.4) is 0 Å². The molecule has 2 rings (SSSR count). The number of pyridine rings is 1. The van der Waals surface area contributed by atoms with Crippen LogP contribution in [0.2, 0.25) is 0 Å². The van der Waals surface area contributed by atoms with Gasteiger partial charge in [-0.1, -0.05) is 38.2 Å². The van der Waals surface area contributed by atoms with E-state index in [9.17, 15) is 4.79 Å². The van der Waals surface area contributed by atoms with Gasteiger partial charge in [0.25, 0.3) is 0 Å². The third-order valence-electron chi connectivity index (χ3n) is 3.56. The van der Waals surface area contributed by atoms with Gasteiger partial charge < -0.3 is 5.32 Å². The Bertz CT molecular complexity index is 406. The van der Waals surface area contributed by atoms with Crippen molar-refractivity contribution in [2.75, 3.05) is 0 Å². The van der Waals surface area contributed by atoms with Crippen molar-refractivity contribution in [1.29, 1.82) is 0 Å². The van der Waals surface area contributed by atoms with Crippen molar-refractivity contribution in [2.24, 2.45) is 0 Å². The molecule has 0 radical (unpaired) electrons. The van der Waals surface area contributed by atoms with E-state index < -0.39 is 0 Å². The van der Waals surface area contributed by atoms with Gasteiger partial charge in [-0.3, -0.25) is 9.78 Å². The summed E-state index contributed by atoms with van der Waals surface area (Å²) in [5.41, 5.74) is 0.954. The molecular weight excluding hydrogens is 236 g/mol. The molecule has 3 heteroatoms. The van der Waals surface area contributed by atoms with E-state index in [2.05, 4.69) is 10.3 Å². The molecule has 3 nitrogen and oxygen atoms in total. The van der Waals surface area contributed by atoms with E-state index in [1.165, 1.54) is 32.1 Å². The quantitative estimate of drug-likeness (QED) is 0.845. The van der Waals surface area contributed by atoms with Crippen LogP contribution in [0.25, 0.3) is 6.08 Å². The molecule has 0 aliphatic heterocycles. The molecule has 1 aromatic heterocycles. The topological polar surface area (TPSA) is 42.0 Å². The first-order valence-corrected chi connectivity index (χ1v) is 7.23. The largest absolute Gasteiger partial charge is 0.350 e. The Hall–Kier alpha value is -1.64. The highest BCUT2D eigenvalue weighted by atomic mass is 16.1. The molecular formula is C16H22N2O. The van der Waals surface area contributed by atoms with Crippen LogP contribution in [0.5, 0.6) is 0 Å². The van der Waals surface area contributed by atoms with Crippen LogP contribution >= 0.6 is 0 Å². The second kappa shape index (κ2) is 7.72. The van der Waals surface area contributed by atoms with Crippen molar-refractivity contribution in [2.45, 2.75) is 51.0 Å². The van der Waals surface area contributed by atoms with E-state index in [1.807, 2.05) is 18.2 Å². The number of hydrogen-bond acceptors (Lipinski definition) is 2. The van der Waals surface area contributed by atoms with Gasteiger partial charge in [-0.25, -0.2) is 0 Å². The second-order valence-electron chi connectivity index (χ2n) is 5.17. The van der Waals surface area contributed by atoms with E-state index in [1.54, 1.807) is 18.5 Å². The van der Waals surface area contributed by atoms with E-state index in [4.69, 9.17) is 0 Å². The van der Waals surface area contributed by atoms with Crippen LogP contribution in [0.4, 0.5) is 0 Å². The van der Waals surface area contributed by atoms with Crippen molar-refractivity contribution < 1.29 is 4.79 Å². The highest BCUT2D eigenvalue weighted by Gasteiger charge is 2.12. The minimum atomic E-state index is 0.00873. The number of amides is 1. The molecule has 1 fully saturated rings. The Morgan fingerprint density at radius 2 is 1.95 bits per heavy atom. The summed E-state index contributed by atoms with van der Waals surface area (Å²) in [6.45, 7) is 0. The summed E-state index contributed by atoms with van der Waals surface area (Å²) in [6, 6.07) is 4.16. The van der Waals surface area contributed by atoms with Gasteiger partial charge >= 0.3 is 0 Å². The monoisotopic (exact) mass is 258 g/mol. The van der Waals surface area contributed by atoms with Gasteiger partial charge in [-0.05, 0) is 30.5 Å². The molecule has 1 saturated carbocycles. The fraction of sp³-hybridized carbons (Fsp3) is 0.500. The molecule has 19 heavy (non-hydrogen) atoms. The first kappa shape index (κ1) is 13.8. The molecule has 0 unspecified atom stereocenters. The lowest BCUT2D eigenvalue weighted by Gasteiger charge is -2.20. The van der Waals surface area contributed by atoms with Crippen LogP contribution in [-0.4, -0.2) is 16.9 Å². The standard InChI is InChI=1S/C16H22N2O/c19-16(11-10-14-7-6-12-17-13-14)18-15-8-4-2-1-3-5-9-15/h6-7,10-13,15H,1-5,8-9H2,(H,18,19)/b11-10+. The lowest BCUT2D eigenvalue weighted by atomic mass is 9.97. The number of nitrogens with one attached hydrogen (secondary N) is 1. The lowest BCUT2D eigenvalue weighted by molar-refractivity contribution is -0.117. The summed E-state index contributed by atoms with van der Waals surface area (Å²) >= 11 is 0. The Kier molecular flexibility index (Phi) is 5.60. The average Bonchev–Trinajstić information content (AvgIpc) is 2.41. The van der Waals surface area contributed by atoms with Gasteiger partial charge in [0, 0.05) is 24.5 Å². The third kappa shape index (κ3) is 5.25. The van der Waals surface area contributed by atoms with E-state index in [-0.39, 0.29) is 5.91 Å². The Labute approximate surface area is 115 Å². The van der Waals surface area contributed by atoms with E-state index >= 15 is 0 Å². The van der Waals surface area contributed by atoms with Gasteiger partial charge in [-0.15, -0.1) is 0 Å². The van der Waals surface area contributed by atoms with E-state index in [0.29, 0.717) is 6.04 Å². The maximum atomic E-state index is 11.9. The van der Waals surface area contributed by atoms with Gasteiger partial charge in [0.1, 0.15) is 0 Å². The minimum absolute atomic E-state index is 0.00873. The fourth-order valence-electron chi connectivity index (χ4n) is 2.50. The molecule has 102 valence electrons. The van der Waals surface area contributed by atoms with Gasteiger partial charge in [-0.2, -0.15) is 0 Å². The SMILES string of the molecule is O=C(/C=C/c1cccnc1)NC1CCCCCCC1. The number of aromatic nitrogens is 1. The van der Waals surface area contributed by atoms with Crippen molar-refractivity contribution in [3.8, 4) is 0 Å². The average molecular weight is 258 g/mol. The van der Waals surface area contributed by atoms with Crippen molar-refractivity contribution in [3.05, 3.63) is 36.2 Å². The number of hydrogen-bond donors (Lipinski definition) is 1. The Balaban J connectivity index is 1.81. The number of nitrogens with zero attached hydrogens (tertiary/aromatic N) is 1. The van der Waals surface area contributed by atoms with Crippen LogP contribution in [0.15, 0.2) is 30.6 Å². The zero-order valence-electron chi connectivity index (χ0n) is 11.3. The first-order chi connectivity index (χ1) is 9.34. The molecule has 0 bridgehead atoms. The third-order valence-corrected chi connectivity index (χ3v) is 3.56. The molecule has 0 saturated heterocycles. The summed E-state index contributed by atoms with van der Waals surface area (Å²) in [5, 5.41) is 3.11. The summed E-state index contributed by atoms with van der Waals surface area (Å²) < 4.78 is 0. The maximum absolute atomic E-state index is 11.9. The smallest absolute Gasteiger partial charge is 0.244 e. The lowest BCUT2D eigenvalue weighted by Crippen LogP contribution is -2.34. The number of rotatable bonds is 3. The molecule has 0 spiro atoms. The Morgan fingerprint density at radius 1 is 1.21 bits per heavy atom. The first-order valence-electron chi connectivity index (χ1n) is 7.23. The molecule has 1 N–H and O–H groups in total. The molecule has 1 aliphatic carbocycles. The van der Waals surface area contributed by atoms with Crippen molar-refractivity contribution >= 4 is 12.0 Å². The predicted molar refractivity (Wildman–Crippen MR) is 77.5 cm³/mol. The molecule has 0 aromatic carbocycles. The van der Waals surface area contributed by atoms with Crippen LogP contribution in [-0.2, 0) is 4.79 Å². The molecule has 1 aliphatic rings. The summed E-state index contributed by atoms with van der Waals surface area (Å²) in [5.74, 6) is 0.00873. The summed E-state index contributed by atoms with van der Waals surface area (Å²) in [7, 11) is 0. The highest BCUT2D eigenvalue weighted by molar-refractivity contribution is 5.91. The van der Waals surface area contributed by atoms with Crippen LogP contribution < -0.4 is 5.32 Å². The maximum Gasteiger partial charge on any atom is 0.244 e. The van der Waals surface area contributed by atoms with Gasteiger partial charge in [0.2, 0.25) is 5.91 Å². The fourth-order valence-corrected chi connectivity index (χ4v) is 2.50. The molecule has 0 atom stereocenters.